The predicted octanol–water partition coefficient (Wildman–Crippen LogP) is 1.55. The molecule has 0 atom stereocenters. The van der Waals surface area contributed by atoms with Crippen molar-refractivity contribution in [3.05, 3.63) is 23.2 Å². The number of ether oxygens (including phenoxy) is 2. The second-order valence-corrected chi connectivity index (χ2v) is 4.35. The summed E-state index contributed by atoms with van der Waals surface area (Å²) < 4.78 is 9.96. The van der Waals surface area contributed by atoms with Crippen LogP contribution in [0.3, 0.4) is 0 Å². The molecule has 0 radical (unpaired) electrons. The van der Waals surface area contributed by atoms with Crippen molar-refractivity contribution in [1.82, 2.24) is 5.32 Å². The maximum atomic E-state index is 11.9. The average Bonchev–Trinajstić information content (AvgIpc) is 2.42. The minimum Gasteiger partial charge on any atom is -0.495 e. The van der Waals surface area contributed by atoms with E-state index in [0.717, 1.165) is 5.69 Å². The molecule has 1 rings (SSSR count). The fraction of sp³-hybridized carbons (Fsp3) is 0.462. The van der Waals surface area contributed by atoms with Crippen LogP contribution in [-0.2, 0) is 9.53 Å². The molecule has 0 heterocycles. The lowest BCUT2D eigenvalue weighted by Gasteiger charge is -2.18. The molecule has 1 aromatic carbocycles. The molecule has 1 N–H and O–H groups in total. The number of nitrogens with one attached hydrogen (secondary N) is 1. The van der Waals surface area contributed by atoms with E-state index in [1.165, 1.54) is 0 Å². The van der Waals surface area contributed by atoms with Crippen LogP contribution >= 0.6 is 11.6 Å². The van der Waals surface area contributed by atoms with Crippen molar-refractivity contribution in [2.24, 2.45) is 0 Å². The number of nitrogens with zero attached hydrogens (tertiary/aromatic N) is 1. The molecule has 1 aromatic rings. The summed E-state index contributed by atoms with van der Waals surface area (Å²) in [6, 6.07) is 5.23. The smallest absolute Gasteiger partial charge is 0.240 e. The number of methoxy groups -OCH3 is 2. The van der Waals surface area contributed by atoms with Gasteiger partial charge in [0.05, 0.1) is 25.3 Å². The number of likely N-dealkylation sites (N-methyl/N-ethyl adjacent to an activating group) is 1. The predicted molar refractivity (Wildman–Crippen MR) is 76.2 cm³/mol. The fourth-order valence-corrected chi connectivity index (χ4v) is 1.75. The van der Waals surface area contributed by atoms with Crippen LogP contribution in [-0.4, -0.2) is 46.9 Å². The van der Waals surface area contributed by atoms with Crippen LogP contribution in [0.25, 0.3) is 0 Å². The molecule has 106 valence electrons. The molecule has 0 saturated carbocycles. The molecule has 5 nitrogen and oxygen atoms in total. The zero-order valence-corrected chi connectivity index (χ0v) is 12.2. The molecule has 0 saturated heterocycles. The van der Waals surface area contributed by atoms with Crippen molar-refractivity contribution in [2.45, 2.75) is 0 Å². The lowest BCUT2D eigenvalue weighted by atomic mass is 10.2. The first-order valence-corrected chi connectivity index (χ1v) is 6.27. The Morgan fingerprint density at radius 2 is 2.16 bits per heavy atom. The first kappa shape index (κ1) is 15.8. The van der Waals surface area contributed by atoms with Crippen molar-refractivity contribution < 1.29 is 14.3 Å². The Balaban J connectivity index is 2.58. The number of carbonyl (C=O) groups is 1. The van der Waals surface area contributed by atoms with Gasteiger partial charge < -0.3 is 19.7 Å². The molecule has 0 fully saturated rings. The van der Waals surface area contributed by atoms with E-state index in [1.54, 1.807) is 44.4 Å². The fourth-order valence-electron chi connectivity index (χ4n) is 1.50. The second-order valence-electron chi connectivity index (χ2n) is 3.94. The molecule has 19 heavy (non-hydrogen) atoms. The highest BCUT2D eigenvalue weighted by atomic mass is 35.5. The monoisotopic (exact) mass is 286 g/mol. The number of halogens is 1. The maximum absolute atomic E-state index is 11.9. The first-order valence-electron chi connectivity index (χ1n) is 5.90. The molecule has 0 aliphatic heterocycles. The highest BCUT2D eigenvalue weighted by molar-refractivity contribution is 6.32. The Morgan fingerprint density at radius 3 is 2.74 bits per heavy atom. The van der Waals surface area contributed by atoms with Crippen LogP contribution in [0.1, 0.15) is 0 Å². The van der Waals surface area contributed by atoms with Gasteiger partial charge >= 0.3 is 0 Å². The van der Waals surface area contributed by atoms with Gasteiger partial charge in [-0.05, 0) is 18.2 Å². The third kappa shape index (κ3) is 4.70. The molecule has 0 aliphatic carbocycles. The number of carbonyl (C=O) groups excluding carboxylic acids is 1. The largest absolute Gasteiger partial charge is 0.495 e. The van der Waals surface area contributed by atoms with Crippen molar-refractivity contribution >= 4 is 23.2 Å². The maximum Gasteiger partial charge on any atom is 0.240 e. The van der Waals surface area contributed by atoms with Crippen molar-refractivity contribution in [1.29, 1.82) is 0 Å². The van der Waals surface area contributed by atoms with E-state index in [0.29, 0.717) is 23.9 Å². The molecule has 0 aromatic heterocycles. The number of benzene rings is 1. The number of anilines is 1. The van der Waals surface area contributed by atoms with E-state index in [9.17, 15) is 4.79 Å². The topological polar surface area (TPSA) is 50.8 Å². The summed E-state index contributed by atoms with van der Waals surface area (Å²) in [7, 11) is 4.88. The van der Waals surface area contributed by atoms with Gasteiger partial charge in [-0.3, -0.25) is 4.79 Å². The van der Waals surface area contributed by atoms with Crippen LogP contribution in [0.2, 0.25) is 5.02 Å². The Morgan fingerprint density at radius 1 is 1.42 bits per heavy atom. The van der Waals surface area contributed by atoms with E-state index < -0.39 is 0 Å². The third-order valence-electron chi connectivity index (χ3n) is 2.66. The first-order chi connectivity index (χ1) is 9.10. The zero-order valence-electron chi connectivity index (χ0n) is 11.4. The lowest BCUT2D eigenvalue weighted by molar-refractivity contribution is -0.117. The van der Waals surface area contributed by atoms with Gasteiger partial charge in [-0.25, -0.2) is 0 Å². The van der Waals surface area contributed by atoms with Gasteiger partial charge in [0.1, 0.15) is 5.75 Å². The van der Waals surface area contributed by atoms with Gasteiger partial charge in [-0.2, -0.15) is 0 Å². The van der Waals surface area contributed by atoms with Crippen LogP contribution in [0.4, 0.5) is 5.69 Å². The number of hydrogen-bond acceptors (Lipinski definition) is 4. The van der Waals surface area contributed by atoms with Gasteiger partial charge in [0.15, 0.2) is 0 Å². The van der Waals surface area contributed by atoms with Gasteiger partial charge in [-0.1, -0.05) is 11.6 Å². The van der Waals surface area contributed by atoms with E-state index in [-0.39, 0.29) is 12.5 Å². The molecular weight excluding hydrogens is 268 g/mol. The highest BCUT2D eigenvalue weighted by Crippen LogP contribution is 2.28. The van der Waals surface area contributed by atoms with E-state index >= 15 is 0 Å². The average molecular weight is 287 g/mol. The Labute approximate surface area is 118 Å². The lowest BCUT2D eigenvalue weighted by Crippen LogP contribution is -2.36. The molecule has 0 spiro atoms. The highest BCUT2D eigenvalue weighted by Gasteiger charge is 2.12. The summed E-state index contributed by atoms with van der Waals surface area (Å²) in [6.07, 6.45) is 0. The Bertz CT molecular complexity index is 426. The van der Waals surface area contributed by atoms with Gasteiger partial charge in [-0.15, -0.1) is 0 Å². The summed E-state index contributed by atoms with van der Waals surface area (Å²) in [6.45, 7) is 1.47. The van der Waals surface area contributed by atoms with Gasteiger partial charge in [0.2, 0.25) is 5.91 Å². The van der Waals surface area contributed by atoms with Gasteiger partial charge in [0, 0.05) is 26.4 Å². The SMILES string of the molecule is COCCNCC(=O)N(C)c1ccc(OC)c(Cl)c1. The molecule has 0 unspecified atom stereocenters. The van der Waals surface area contributed by atoms with E-state index in [2.05, 4.69) is 5.32 Å². The summed E-state index contributed by atoms with van der Waals surface area (Å²) in [4.78, 5) is 13.5. The van der Waals surface area contributed by atoms with Crippen LogP contribution in [0.15, 0.2) is 18.2 Å². The third-order valence-corrected chi connectivity index (χ3v) is 2.95. The molecule has 1 amide bonds. The minimum atomic E-state index is -0.0441. The molecular formula is C13H19ClN2O3. The van der Waals surface area contributed by atoms with Gasteiger partial charge in [0.25, 0.3) is 0 Å². The number of rotatable bonds is 7. The van der Waals surface area contributed by atoms with E-state index in [1.807, 2.05) is 0 Å². The van der Waals surface area contributed by atoms with Crippen molar-refractivity contribution in [2.75, 3.05) is 45.9 Å². The van der Waals surface area contributed by atoms with E-state index in [4.69, 9.17) is 21.1 Å². The Kier molecular flexibility index (Phi) is 6.62. The summed E-state index contributed by atoms with van der Waals surface area (Å²) in [5.41, 5.74) is 0.726. The second kappa shape index (κ2) is 7.99. The summed E-state index contributed by atoms with van der Waals surface area (Å²) >= 11 is 6.03. The Hall–Kier alpha value is -1.30. The zero-order chi connectivity index (χ0) is 14.3. The molecule has 0 aliphatic rings. The van der Waals surface area contributed by atoms with Crippen LogP contribution in [0.5, 0.6) is 5.75 Å². The number of hydrogen-bond donors (Lipinski definition) is 1. The molecule has 6 heteroatoms. The standard InChI is InChI=1S/C13H19ClN2O3/c1-16(13(17)9-15-6-7-18-2)10-4-5-12(19-3)11(14)8-10/h4-5,8,15H,6-7,9H2,1-3H3. The number of amides is 1. The summed E-state index contributed by atoms with van der Waals surface area (Å²) in [5, 5.41) is 3.48. The normalized spacial score (nSPS) is 10.3. The van der Waals surface area contributed by atoms with Crippen molar-refractivity contribution in [3.63, 3.8) is 0 Å². The minimum absolute atomic E-state index is 0.0441. The quantitative estimate of drug-likeness (QED) is 0.773. The van der Waals surface area contributed by atoms with Crippen LogP contribution in [0, 0.1) is 0 Å². The molecule has 0 bridgehead atoms. The van der Waals surface area contributed by atoms with Crippen LogP contribution < -0.4 is 15.0 Å². The summed E-state index contributed by atoms with van der Waals surface area (Å²) in [5.74, 6) is 0.543. The van der Waals surface area contributed by atoms with Crippen molar-refractivity contribution in [3.8, 4) is 5.75 Å².